The van der Waals surface area contributed by atoms with Gasteiger partial charge in [0.15, 0.2) is 0 Å². The Morgan fingerprint density at radius 3 is 1.96 bits per heavy atom. The molecular formula is C23H28N2S. The molecule has 2 nitrogen and oxygen atoms in total. The first-order valence-electron chi connectivity index (χ1n) is 9.46. The van der Waals surface area contributed by atoms with E-state index < -0.39 is 0 Å². The Labute approximate surface area is 161 Å². The van der Waals surface area contributed by atoms with Gasteiger partial charge in [0, 0.05) is 36.3 Å². The van der Waals surface area contributed by atoms with Gasteiger partial charge in [-0.15, -0.1) is 0 Å². The third kappa shape index (κ3) is 3.54. The number of aromatic nitrogens is 1. The molecule has 0 unspecified atom stereocenters. The smallest absolute Gasteiger partial charge is 0.0919 e. The summed E-state index contributed by atoms with van der Waals surface area (Å²) in [5, 5.41) is 2.17. The van der Waals surface area contributed by atoms with Crippen LogP contribution in [0.25, 0.3) is 22.4 Å². The number of nitrogens with zero attached hydrogens (tertiary/aromatic N) is 2. The maximum Gasteiger partial charge on any atom is 0.0919 e. The molecule has 26 heavy (non-hydrogen) atoms. The van der Waals surface area contributed by atoms with Gasteiger partial charge in [0.25, 0.3) is 0 Å². The van der Waals surface area contributed by atoms with Crippen molar-refractivity contribution in [1.82, 2.24) is 4.37 Å². The molecule has 0 amide bonds. The highest BCUT2D eigenvalue weighted by Gasteiger charge is 2.15. The Hall–Kier alpha value is -2.13. The van der Waals surface area contributed by atoms with Crippen molar-refractivity contribution in [3.05, 3.63) is 58.5 Å². The lowest BCUT2D eigenvalue weighted by Gasteiger charge is -2.15. The lowest BCUT2D eigenvalue weighted by Crippen LogP contribution is -2.07. The van der Waals surface area contributed by atoms with E-state index in [2.05, 4.69) is 81.5 Å². The Morgan fingerprint density at radius 2 is 1.46 bits per heavy atom. The average molecular weight is 365 g/mol. The van der Waals surface area contributed by atoms with Crippen molar-refractivity contribution in [2.24, 2.45) is 0 Å². The minimum atomic E-state index is 1.07. The maximum absolute atomic E-state index is 4.76. The van der Waals surface area contributed by atoms with E-state index in [4.69, 9.17) is 4.37 Å². The largest absolute Gasteiger partial charge is 0.378 e. The second kappa shape index (κ2) is 8.05. The number of anilines is 1. The Balaban J connectivity index is 2.08. The topological polar surface area (TPSA) is 16.1 Å². The van der Waals surface area contributed by atoms with Gasteiger partial charge >= 0.3 is 0 Å². The fourth-order valence-electron chi connectivity index (χ4n) is 3.61. The minimum Gasteiger partial charge on any atom is -0.378 e. The van der Waals surface area contributed by atoms with Crippen LogP contribution < -0.4 is 4.90 Å². The van der Waals surface area contributed by atoms with Gasteiger partial charge in [-0.1, -0.05) is 32.9 Å². The number of aryl methyl sites for hydroxylation is 2. The highest BCUT2D eigenvalue weighted by molar-refractivity contribution is 7.04. The molecular weight excluding hydrogens is 336 g/mol. The summed E-state index contributed by atoms with van der Waals surface area (Å²) in [5.74, 6) is 0. The number of benzene rings is 2. The molecule has 1 heterocycles. The summed E-state index contributed by atoms with van der Waals surface area (Å²) in [6.45, 7) is 6.76. The van der Waals surface area contributed by atoms with Crippen LogP contribution >= 0.6 is 11.5 Å². The summed E-state index contributed by atoms with van der Waals surface area (Å²) >= 11 is 1.54. The lowest BCUT2D eigenvalue weighted by atomic mass is 9.90. The molecule has 0 saturated heterocycles. The van der Waals surface area contributed by atoms with E-state index in [-0.39, 0.29) is 0 Å². The minimum absolute atomic E-state index is 1.07. The molecule has 0 radical (unpaired) electrons. The van der Waals surface area contributed by atoms with Crippen LogP contribution in [0.2, 0.25) is 0 Å². The van der Waals surface area contributed by atoms with E-state index in [0.29, 0.717) is 0 Å². The summed E-state index contributed by atoms with van der Waals surface area (Å²) in [6.07, 6.45) is 3.24. The predicted molar refractivity (Wildman–Crippen MR) is 115 cm³/mol. The molecule has 3 rings (SSSR count). The third-order valence-electron chi connectivity index (χ3n) is 5.09. The third-order valence-corrected chi connectivity index (χ3v) is 5.72. The van der Waals surface area contributed by atoms with Crippen LogP contribution in [0.4, 0.5) is 5.69 Å². The van der Waals surface area contributed by atoms with Crippen LogP contribution in [0, 0.1) is 0 Å². The quantitative estimate of drug-likeness (QED) is 0.515. The van der Waals surface area contributed by atoms with Crippen molar-refractivity contribution in [3.8, 4) is 22.4 Å². The van der Waals surface area contributed by atoms with E-state index in [1.807, 2.05) is 0 Å². The zero-order chi connectivity index (χ0) is 18.7. The normalized spacial score (nSPS) is 11.0. The van der Waals surface area contributed by atoms with Crippen molar-refractivity contribution in [2.75, 3.05) is 19.0 Å². The summed E-state index contributed by atoms with van der Waals surface area (Å²) in [7, 11) is 4.14. The summed E-state index contributed by atoms with van der Waals surface area (Å²) < 4.78 is 4.76. The van der Waals surface area contributed by atoms with Crippen LogP contribution in [-0.4, -0.2) is 18.5 Å². The molecule has 0 spiro atoms. The van der Waals surface area contributed by atoms with Gasteiger partial charge in [0.2, 0.25) is 0 Å². The van der Waals surface area contributed by atoms with Crippen molar-refractivity contribution in [1.29, 1.82) is 0 Å². The van der Waals surface area contributed by atoms with Crippen LogP contribution in [0.1, 0.15) is 37.5 Å². The molecule has 2 aromatic carbocycles. The standard InChI is InChI=1S/C23H28N2S/c1-6-16-13-19(14-17(7-2)21(16)8-3)23-22(15-26-24-23)18-9-11-20(12-10-18)25(4)5/h9-15H,6-8H2,1-5H3. The molecule has 0 aliphatic carbocycles. The van der Waals surface area contributed by atoms with Crippen molar-refractivity contribution < 1.29 is 0 Å². The first-order chi connectivity index (χ1) is 12.6. The number of hydrogen-bond donors (Lipinski definition) is 0. The molecule has 0 bridgehead atoms. The first-order valence-corrected chi connectivity index (χ1v) is 10.3. The fraction of sp³-hybridized carbons (Fsp3) is 0.348. The van der Waals surface area contributed by atoms with E-state index in [9.17, 15) is 0 Å². The molecule has 3 heteroatoms. The predicted octanol–water partition coefficient (Wildman–Crippen LogP) is 6.23. The van der Waals surface area contributed by atoms with Crippen molar-refractivity contribution in [3.63, 3.8) is 0 Å². The Bertz CT molecular complexity index is 850. The molecule has 0 N–H and O–H groups in total. The second-order valence-electron chi connectivity index (χ2n) is 6.85. The summed E-state index contributed by atoms with van der Waals surface area (Å²) in [5.41, 5.74) is 10.5. The average Bonchev–Trinajstić information content (AvgIpc) is 3.16. The Morgan fingerprint density at radius 1 is 0.846 bits per heavy atom. The van der Waals surface area contributed by atoms with Gasteiger partial charge in [-0.3, -0.25) is 0 Å². The summed E-state index contributed by atoms with van der Waals surface area (Å²) in [4.78, 5) is 2.13. The molecule has 0 saturated carbocycles. The van der Waals surface area contributed by atoms with E-state index in [1.54, 1.807) is 11.5 Å². The van der Waals surface area contributed by atoms with Gasteiger partial charge in [-0.25, -0.2) is 0 Å². The van der Waals surface area contributed by atoms with Gasteiger partial charge in [-0.2, -0.15) is 4.37 Å². The lowest BCUT2D eigenvalue weighted by molar-refractivity contribution is 0.982. The zero-order valence-electron chi connectivity index (χ0n) is 16.5. The Kier molecular flexibility index (Phi) is 5.77. The highest BCUT2D eigenvalue weighted by Crippen LogP contribution is 2.35. The molecule has 0 atom stereocenters. The molecule has 136 valence electrons. The molecule has 0 fully saturated rings. The SMILES string of the molecule is CCc1cc(-c2nscc2-c2ccc(N(C)C)cc2)cc(CC)c1CC. The zero-order valence-corrected chi connectivity index (χ0v) is 17.3. The molecule has 0 aliphatic rings. The van der Waals surface area contributed by atoms with Crippen molar-refractivity contribution >= 4 is 17.2 Å². The van der Waals surface area contributed by atoms with E-state index in [1.165, 1.54) is 39.1 Å². The second-order valence-corrected chi connectivity index (χ2v) is 7.48. The monoisotopic (exact) mass is 364 g/mol. The molecule has 0 aliphatic heterocycles. The van der Waals surface area contributed by atoms with Gasteiger partial charge in [0.1, 0.15) is 0 Å². The van der Waals surface area contributed by atoms with Gasteiger partial charge in [0.05, 0.1) is 5.69 Å². The van der Waals surface area contributed by atoms with Gasteiger partial charge < -0.3 is 4.90 Å². The summed E-state index contributed by atoms with van der Waals surface area (Å²) in [6, 6.07) is 13.4. The van der Waals surface area contributed by atoms with Crippen LogP contribution in [-0.2, 0) is 19.3 Å². The maximum atomic E-state index is 4.76. The highest BCUT2D eigenvalue weighted by atomic mass is 32.1. The first kappa shape index (κ1) is 18.7. The van der Waals surface area contributed by atoms with Gasteiger partial charge in [-0.05, 0) is 77.3 Å². The van der Waals surface area contributed by atoms with Crippen molar-refractivity contribution in [2.45, 2.75) is 40.0 Å². The molecule has 3 aromatic rings. The van der Waals surface area contributed by atoms with Crippen LogP contribution in [0.3, 0.4) is 0 Å². The molecule has 1 aromatic heterocycles. The van der Waals surface area contributed by atoms with E-state index >= 15 is 0 Å². The van der Waals surface area contributed by atoms with Crippen LogP contribution in [0.15, 0.2) is 41.8 Å². The van der Waals surface area contributed by atoms with Crippen LogP contribution in [0.5, 0.6) is 0 Å². The fourth-order valence-corrected chi connectivity index (χ4v) is 4.32. The van der Waals surface area contributed by atoms with E-state index in [0.717, 1.165) is 25.0 Å². The number of rotatable bonds is 6. The number of hydrogen-bond acceptors (Lipinski definition) is 3.